The predicted molar refractivity (Wildman–Crippen MR) is 275 cm³/mol. The lowest BCUT2D eigenvalue weighted by atomic mass is 9.94. The summed E-state index contributed by atoms with van der Waals surface area (Å²) in [6, 6.07) is 54.3. The number of carbonyl (C=O) groups is 2. The van der Waals surface area contributed by atoms with Gasteiger partial charge >= 0.3 is 12.1 Å². The monoisotopic (exact) mass is 1010 g/mol. The number of ether oxygens (including phenoxy) is 7. The molecule has 0 unspecified atom stereocenters. The van der Waals surface area contributed by atoms with Gasteiger partial charge in [-0.05, 0) is 50.1 Å². The Labute approximate surface area is 427 Å². The van der Waals surface area contributed by atoms with E-state index in [2.05, 4.69) is 36.1 Å². The molecule has 6 aromatic rings. The van der Waals surface area contributed by atoms with Crippen molar-refractivity contribution in [1.82, 2.24) is 5.32 Å². The van der Waals surface area contributed by atoms with Gasteiger partial charge < -0.3 is 48.0 Å². The quantitative estimate of drug-likeness (QED) is 0.0260. The summed E-state index contributed by atoms with van der Waals surface area (Å²) in [6.45, 7) is 7.89. The number of aliphatic hydroxyl groups is 1. The van der Waals surface area contributed by atoms with Gasteiger partial charge in [0.1, 0.15) is 37.6 Å². The van der Waals surface area contributed by atoms with Crippen LogP contribution in [0.4, 0.5) is 4.79 Å². The summed E-state index contributed by atoms with van der Waals surface area (Å²) in [5.74, 6) is -0.838. The molecule has 8 rings (SSSR count). The van der Waals surface area contributed by atoms with Crippen molar-refractivity contribution in [1.29, 1.82) is 0 Å². The van der Waals surface area contributed by atoms with Gasteiger partial charge in [0.25, 0.3) is 8.32 Å². The van der Waals surface area contributed by atoms with Crippen LogP contribution in [0.2, 0.25) is 5.04 Å². The Balaban J connectivity index is 1.20. The highest BCUT2D eigenvalue weighted by molar-refractivity contribution is 6.99. The largest absolute Gasteiger partial charge is 0.459 e. The zero-order chi connectivity index (χ0) is 51.2. The van der Waals surface area contributed by atoms with Crippen molar-refractivity contribution >= 4 is 30.8 Å². The summed E-state index contributed by atoms with van der Waals surface area (Å²) in [7, 11) is -3.46. The summed E-state index contributed by atoms with van der Waals surface area (Å²) >= 11 is 0. The molecule has 0 bridgehead atoms. The predicted octanol–water partition coefficient (Wildman–Crippen LogP) is 8.67. The van der Waals surface area contributed by atoms with Gasteiger partial charge in [0.15, 0.2) is 18.7 Å². The topological polar surface area (TPSA) is 189 Å². The number of esters is 1. The van der Waals surface area contributed by atoms with Crippen molar-refractivity contribution in [2.24, 2.45) is 5.11 Å². The molecule has 0 radical (unpaired) electrons. The average Bonchev–Trinajstić information content (AvgIpc) is 3.41. The van der Waals surface area contributed by atoms with E-state index < -0.39 is 86.7 Å². The number of hydrogen-bond donors (Lipinski definition) is 2. The number of alkyl carbamates (subject to hydrolysis) is 1. The number of aliphatic hydroxyl groups excluding tert-OH is 1. The molecule has 0 saturated carbocycles. The van der Waals surface area contributed by atoms with Gasteiger partial charge in [-0.3, -0.25) is 0 Å². The van der Waals surface area contributed by atoms with Crippen molar-refractivity contribution in [3.05, 3.63) is 215 Å². The first-order valence-electron chi connectivity index (χ1n) is 24.4. The molecule has 0 aliphatic carbocycles. The molecule has 16 heteroatoms. The minimum atomic E-state index is -3.46. The maximum atomic E-state index is 14.4. The molecule has 2 N–H and O–H groups in total. The fourth-order valence-electron chi connectivity index (χ4n) is 9.41. The van der Waals surface area contributed by atoms with Gasteiger partial charge in [0.05, 0.1) is 31.5 Å². The van der Waals surface area contributed by atoms with Crippen molar-refractivity contribution in [2.45, 2.75) is 120 Å². The Bertz CT molecular complexity index is 2660. The number of carbonyl (C=O) groups excluding carboxylic acids is 2. The second kappa shape index (κ2) is 24.8. The Kier molecular flexibility index (Phi) is 17.9. The zero-order valence-corrected chi connectivity index (χ0v) is 42.3. The van der Waals surface area contributed by atoms with Crippen LogP contribution in [0.5, 0.6) is 0 Å². The van der Waals surface area contributed by atoms with E-state index in [4.69, 9.17) is 37.6 Å². The van der Waals surface area contributed by atoms with Crippen LogP contribution in [0, 0.1) is 0 Å². The van der Waals surface area contributed by atoms with Gasteiger partial charge in [-0.1, -0.05) is 208 Å². The van der Waals surface area contributed by atoms with E-state index in [1.54, 1.807) is 6.92 Å². The molecule has 0 spiro atoms. The van der Waals surface area contributed by atoms with E-state index in [-0.39, 0.29) is 26.4 Å². The Morgan fingerprint density at radius 1 is 0.616 bits per heavy atom. The molecular weight excluding hydrogens is 945 g/mol. The SMILES string of the molecule is C[C@H]1O[C@@H](O[Si](c2ccccc2)(c2ccccc2)C(C)(C)C)[C@H](N=[N+]=[N-])[C@@H](O[C@H]2O[C@H](C(=O)OCc3ccccc3)[C@H](OCc3ccccc3)[C@H](O)[C@H]2OCc2ccccc2)[C@H]1NC(=O)OCc1ccccc1. The van der Waals surface area contributed by atoms with E-state index in [9.17, 15) is 20.2 Å². The number of nitrogens with one attached hydrogen (secondary N) is 1. The summed E-state index contributed by atoms with van der Waals surface area (Å²) in [6.07, 6.45) is -11.8. The van der Waals surface area contributed by atoms with Crippen molar-refractivity contribution in [3.8, 4) is 0 Å². The van der Waals surface area contributed by atoms with Crippen LogP contribution in [0.15, 0.2) is 187 Å². The van der Waals surface area contributed by atoms with Crippen LogP contribution in [0.25, 0.3) is 10.4 Å². The molecule has 10 atom stereocenters. The highest BCUT2D eigenvalue weighted by atomic mass is 28.4. The van der Waals surface area contributed by atoms with E-state index in [1.165, 1.54) is 0 Å². The van der Waals surface area contributed by atoms with Crippen LogP contribution in [-0.2, 0) is 68.8 Å². The van der Waals surface area contributed by atoms with Gasteiger partial charge in [-0.25, -0.2) is 9.59 Å². The molecule has 15 nitrogen and oxygen atoms in total. The number of rotatable bonds is 19. The third-order valence-corrected chi connectivity index (χ3v) is 18.0. The third-order valence-electron chi connectivity index (χ3n) is 13.1. The van der Waals surface area contributed by atoms with Crippen molar-refractivity contribution in [3.63, 3.8) is 0 Å². The highest BCUT2D eigenvalue weighted by Crippen LogP contribution is 2.41. The maximum absolute atomic E-state index is 14.4. The van der Waals surface area contributed by atoms with Crippen LogP contribution in [-0.4, -0.2) is 86.8 Å². The zero-order valence-electron chi connectivity index (χ0n) is 41.3. The van der Waals surface area contributed by atoms with E-state index in [0.717, 1.165) is 32.6 Å². The fraction of sp³-hybridized carbons (Fsp3) is 0.333. The smallest absolute Gasteiger partial charge is 0.407 e. The molecule has 380 valence electrons. The summed E-state index contributed by atoms with van der Waals surface area (Å²) < 4.78 is 52.7. The van der Waals surface area contributed by atoms with Gasteiger partial charge in [-0.15, -0.1) is 0 Å². The lowest BCUT2D eigenvalue weighted by molar-refractivity contribution is -0.334. The van der Waals surface area contributed by atoms with Crippen molar-refractivity contribution < 1.29 is 52.3 Å². The second-order valence-electron chi connectivity index (χ2n) is 19.1. The number of nitrogens with zero attached hydrogens (tertiary/aromatic N) is 3. The number of hydrogen-bond acceptors (Lipinski definition) is 12. The average molecular weight is 1010 g/mol. The lowest BCUT2D eigenvalue weighted by Crippen LogP contribution is -2.72. The van der Waals surface area contributed by atoms with Gasteiger partial charge in [0.2, 0.25) is 0 Å². The molecular formula is C57H62N4O11Si. The molecule has 2 aliphatic heterocycles. The van der Waals surface area contributed by atoms with E-state index >= 15 is 0 Å². The molecule has 2 heterocycles. The number of amides is 1. The van der Waals surface area contributed by atoms with Crippen LogP contribution < -0.4 is 15.7 Å². The fourth-order valence-corrected chi connectivity index (χ4v) is 14.0. The highest BCUT2D eigenvalue weighted by Gasteiger charge is 2.58. The summed E-state index contributed by atoms with van der Waals surface area (Å²) in [5, 5.41) is 21.2. The van der Waals surface area contributed by atoms with Crippen LogP contribution in [0.3, 0.4) is 0 Å². The van der Waals surface area contributed by atoms with E-state index in [0.29, 0.717) is 0 Å². The molecule has 6 aromatic carbocycles. The van der Waals surface area contributed by atoms with Crippen LogP contribution >= 0.6 is 0 Å². The standard InChI is InChI=1S/C57H62N4O11Si/c1-39-46(59-56(64)68-38-43-29-17-8-18-30-43)49(47(60-61-58)54(69-39)72-73(57(2,3)4,44-31-19-9-20-32-44)45-33-21-10-22-34-45)70-55-51(66-36-41-25-13-6-14-26-41)48(62)50(65-35-40-23-11-5-12-24-40)52(71-55)53(63)67-37-42-27-15-7-16-28-42/h5-34,39,46-52,54-55,62H,35-38H2,1-4H3,(H,59,64)/t39-,46+,47-,48+,49+,50-,51-,52+,54+,55+/m1/s1. The van der Waals surface area contributed by atoms with Crippen LogP contribution in [0.1, 0.15) is 49.9 Å². The molecule has 2 saturated heterocycles. The van der Waals surface area contributed by atoms with E-state index in [1.807, 2.05) is 182 Å². The molecule has 2 aliphatic rings. The van der Waals surface area contributed by atoms with Crippen molar-refractivity contribution in [2.75, 3.05) is 0 Å². The first-order valence-corrected chi connectivity index (χ1v) is 26.3. The normalized spacial score (nSPS) is 24.1. The first kappa shape index (κ1) is 52.6. The molecule has 2 fully saturated rings. The Hall–Kier alpha value is -6.69. The van der Waals surface area contributed by atoms with Gasteiger partial charge in [-0.2, -0.15) is 0 Å². The molecule has 0 aromatic heterocycles. The lowest BCUT2D eigenvalue weighted by Gasteiger charge is -2.51. The minimum absolute atomic E-state index is 0.000107. The third kappa shape index (κ3) is 12.9. The summed E-state index contributed by atoms with van der Waals surface area (Å²) in [5.41, 5.74) is 13.5. The Morgan fingerprint density at radius 3 is 1.52 bits per heavy atom. The first-order chi connectivity index (χ1) is 35.4. The number of benzene rings is 6. The number of azide groups is 1. The minimum Gasteiger partial charge on any atom is -0.459 e. The van der Waals surface area contributed by atoms with Gasteiger partial charge in [0, 0.05) is 4.91 Å². The Morgan fingerprint density at radius 2 is 1.05 bits per heavy atom. The molecule has 1 amide bonds. The second-order valence-corrected chi connectivity index (χ2v) is 23.3. The summed E-state index contributed by atoms with van der Waals surface area (Å²) in [4.78, 5) is 31.7. The molecule has 73 heavy (non-hydrogen) atoms. The maximum Gasteiger partial charge on any atom is 0.407 e.